The first kappa shape index (κ1) is 21.2. The maximum absolute atomic E-state index is 13.8. The first-order chi connectivity index (χ1) is 16.9. The third-order valence-electron chi connectivity index (χ3n) is 5.82. The van der Waals surface area contributed by atoms with Crippen molar-refractivity contribution >= 4 is 44.1 Å². The number of hydrogen-bond donors (Lipinski definition) is 1. The van der Waals surface area contributed by atoms with Gasteiger partial charge in [-0.05, 0) is 60.2 Å². The lowest BCUT2D eigenvalue weighted by atomic mass is 9.95. The molecule has 10 heteroatoms. The summed E-state index contributed by atoms with van der Waals surface area (Å²) in [7, 11) is 0. The van der Waals surface area contributed by atoms with Crippen LogP contribution in [-0.2, 0) is 9.59 Å². The number of rotatable bonds is 3. The van der Waals surface area contributed by atoms with Crippen molar-refractivity contribution in [2.45, 2.75) is 6.04 Å². The van der Waals surface area contributed by atoms with E-state index in [4.69, 9.17) is 9.47 Å². The molecule has 4 aromatic rings. The number of ketones is 1. The van der Waals surface area contributed by atoms with E-state index in [1.54, 1.807) is 18.2 Å². The third-order valence-corrected chi connectivity index (χ3v) is 6.84. The van der Waals surface area contributed by atoms with Crippen LogP contribution in [0.15, 0.2) is 66.2 Å². The van der Waals surface area contributed by atoms with E-state index in [0.29, 0.717) is 27.3 Å². The van der Waals surface area contributed by atoms with E-state index in [1.165, 1.54) is 35.2 Å². The van der Waals surface area contributed by atoms with Crippen molar-refractivity contribution in [3.63, 3.8) is 0 Å². The fourth-order valence-electron chi connectivity index (χ4n) is 4.18. The SMILES string of the molecule is O=C1C(=O)N(c2nc3ccc(F)cc3s2)[C@@H](c2ccc3c(c2)OCO3)/C1=C(\O)c1ccc(F)cc1. The highest BCUT2D eigenvalue weighted by Crippen LogP contribution is 2.46. The fourth-order valence-corrected chi connectivity index (χ4v) is 5.20. The second-order valence-electron chi connectivity index (χ2n) is 7.90. The molecule has 1 saturated heterocycles. The molecule has 1 amide bonds. The summed E-state index contributed by atoms with van der Waals surface area (Å²) < 4.78 is 38.5. The Labute approximate surface area is 200 Å². The van der Waals surface area contributed by atoms with Gasteiger partial charge in [0.2, 0.25) is 6.79 Å². The van der Waals surface area contributed by atoms with Gasteiger partial charge in [0.05, 0.1) is 21.8 Å². The van der Waals surface area contributed by atoms with Crippen LogP contribution in [0.2, 0.25) is 0 Å². The smallest absolute Gasteiger partial charge is 0.301 e. The Kier molecular flexibility index (Phi) is 4.78. The Morgan fingerprint density at radius 2 is 1.71 bits per heavy atom. The molecule has 0 unspecified atom stereocenters. The van der Waals surface area contributed by atoms with Crippen LogP contribution >= 0.6 is 11.3 Å². The van der Waals surface area contributed by atoms with E-state index in [2.05, 4.69) is 4.98 Å². The Balaban J connectivity index is 1.57. The fraction of sp³-hybridized carbons (Fsp3) is 0.0800. The van der Waals surface area contributed by atoms with E-state index >= 15 is 0 Å². The lowest BCUT2D eigenvalue weighted by molar-refractivity contribution is -0.132. The van der Waals surface area contributed by atoms with E-state index in [1.807, 2.05) is 0 Å². The summed E-state index contributed by atoms with van der Waals surface area (Å²) in [6.07, 6.45) is 0. The van der Waals surface area contributed by atoms with Crippen molar-refractivity contribution in [2.24, 2.45) is 0 Å². The van der Waals surface area contributed by atoms with Crippen molar-refractivity contribution in [3.05, 3.63) is 89.0 Å². The van der Waals surface area contributed by atoms with Crippen LogP contribution in [0.4, 0.5) is 13.9 Å². The van der Waals surface area contributed by atoms with Crippen LogP contribution < -0.4 is 14.4 Å². The van der Waals surface area contributed by atoms with Gasteiger partial charge in [-0.2, -0.15) is 0 Å². The number of aliphatic hydroxyl groups is 1. The van der Waals surface area contributed by atoms with Crippen LogP contribution in [0, 0.1) is 11.6 Å². The van der Waals surface area contributed by atoms with Crippen LogP contribution in [-0.4, -0.2) is 28.6 Å². The molecular formula is C25H14F2N2O5S. The molecule has 1 N–H and O–H groups in total. The number of thiazole rings is 1. The number of fused-ring (bicyclic) bond motifs is 2. The van der Waals surface area contributed by atoms with Gasteiger partial charge in [-0.15, -0.1) is 0 Å². The Bertz CT molecular complexity index is 1560. The molecule has 1 fully saturated rings. The van der Waals surface area contributed by atoms with Crippen molar-refractivity contribution in [3.8, 4) is 11.5 Å². The third kappa shape index (κ3) is 3.41. The van der Waals surface area contributed by atoms with Gasteiger partial charge >= 0.3 is 5.91 Å². The number of carbonyl (C=O) groups excluding carboxylic acids is 2. The number of ether oxygens (including phenoxy) is 2. The van der Waals surface area contributed by atoms with E-state index < -0.39 is 35.1 Å². The molecule has 0 spiro atoms. The molecule has 1 aromatic heterocycles. The minimum atomic E-state index is -1.07. The van der Waals surface area contributed by atoms with Gasteiger partial charge in [0, 0.05) is 5.56 Å². The van der Waals surface area contributed by atoms with Crippen LogP contribution in [0.1, 0.15) is 17.2 Å². The number of amides is 1. The second-order valence-corrected chi connectivity index (χ2v) is 8.91. The molecule has 2 aliphatic rings. The predicted molar refractivity (Wildman–Crippen MR) is 123 cm³/mol. The molecule has 7 nitrogen and oxygen atoms in total. The molecule has 3 heterocycles. The maximum Gasteiger partial charge on any atom is 0.301 e. The zero-order valence-corrected chi connectivity index (χ0v) is 18.5. The van der Waals surface area contributed by atoms with Crippen molar-refractivity contribution in [2.75, 3.05) is 11.7 Å². The average Bonchev–Trinajstić information content (AvgIpc) is 3.54. The van der Waals surface area contributed by atoms with Gasteiger partial charge in [-0.25, -0.2) is 13.8 Å². The van der Waals surface area contributed by atoms with E-state index in [-0.39, 0.29) is 23.1 Å². The topological polar surface area (TPSA) is 89.0 Å². The Hall–Kier alpha value is -4.31. The first-order valence-electron chi connectivity index (χ1n) is 10.4. The first-order valence-corrected chi connectivity index (χ1v) is 11.2. The molecule has 1 atom stereocenters. The minimum Gasteiger partial charge on any atom is -0.507 e. The normalized spacial score (nSPS) is 18.6. The van der Waals surface area contributed by atoms with Gasteiger partial charge in [0.1, 0.15) is 17.4 Å². The average molecular weight is 492 g/mol. The number of aromatic nitrogens is 1. The molecule has 0 saturated carbocycles. The summed E-state index contributed by atoms with van der Waals surface area (Å²) in [6, 6.07) is 12.8. The van der Waals surface area contributed by atoms with Crippen molar-refractivity contribution < 1.29 is 33.0 Å². The number of aliphatic hydroxyl groups excluding tert-OH is 1. The summed E-state index contributed by atoms with van der Waals surface area (Å²) in [4.78, 5) is 32.1. The summed E-state index contributed by atoms with van der Waals surface area (Å²) in [5.41, 5.74) is 0.895. The molecule has 174 valence electrons. The molecule has 3 aromatic carbocycles. The quantitative estimate of drug-likeness (QED) is 0.248. The molecule has 0 radical (unpaired) electrons. The minimum absolute atomic E-state index is 0.0258. The molecule has 0 bridgehead atoms. The molecular weight excluding hydrogens is 478 g/mol. The lowest BCUT2D eigenvalue weighted by Gasteiger charge is -2.23. The van der Waals surface area contributed by atoms with Crippen LogP contribution in [0.3, 0.4) is 0 Å². The highest BCUT2D eigenvalue weighted by molar-refractivity contribution is 7.22. The number of hydrogen-bond acceptors (Lipinski definition) is 7. The summed E-state index contributed by atoms with van der Waals surface area (Å²) in [5, 5.41) is 11.3. The van der Waals surface area contributed by atoms with E-state index in [0.717, 1.165) is 23.5 Å². The van der Waals surface area contributed by atoms with Crippen LogP contribution in [0.25, 0.3) is 16.0 Å². The number of anilines is 1. The summed E-state index contributed by atoms with van der Waals surface area (Å²) in [5.74, 6) is -2.35. The number of Topliss-reactive ketones (excluding diaryl/α,β-unsaturated/α-hetero) is 1. The molecule has 2 aliphatic heterocycles. The van der Waals surface area contributed by atoms with E-state index in [9.17, 15) is 23.5 Å². The highest BCUT2D eigenvalue weighted by atomic mass is 32.1. The summed E-state index contributed by atoms with van der Waals surface area (Å²) >= 11 is 1.04. The van der Waals surface area contributed by atoms with Gasteiger partial charge in [-0.1, -0.05) is 17.4 Å². The Morgan fingerprint density at radius 3 is 2.51 bits per heavy atom. The molecule has 0 aliphatic carbocycles. The number of carbonyl (C=O) groups is 2. The standard InChI is InChI=1S/C25H14F2N2O5S/c26-14-4-1-12(2-5-14)22(30)20-21(13-3-8-17-18(9-13)34-11-33-17)29(24(32)23(20)31)25-28-16-7-6-15(27)10-19(16)35-25/h1-10,21,30H,11H2/b22-20+/t21-/m0/s1. The van der Waals surface area contributed by atoms with Gasteiger partial charge in [-0.3, -0.25) is 14.5 Å². The second kappa shape index (κ2) is 7.88. The largest absolute Gasteiger partial charge is 0.507 e. The number of benzene rings is 3. The van der Waals surface area contributed by atoms with Gasteiger partial charge < -0.3 is 14.6 Å². The van der Waals surface area contributed by atoms with Gasteiger partial charge in [0.25, 0.3) is 5.78 Å². The van der Waals surface area contributed by atoms with Crippen LogP contribution in [0.5, 0.6) is 11.5 Å². The van der Waals surface area contributed by atoms with Crippen molar-refractivity contribution in [1.29, 1.82) is 0 Å². The summed E-state index contributed by atoms with van der Waals surface area (Å²) in [6.45, 7) is 0.0258. The predicted octanol–water partition coefficient (Wildman–Crippen LogP) is 4.93. The number of nitrogens with zero attached hydrogens (tertiary/aromatic N) is 2. The highest BCUT2D eigenvalue weighted by Gasteiger charge is 2.48. The monoisotopic (exact) mass is 492 g/mol. The zero-order valence-electron chi connectivity index (χ0n) is 17.7. The Morgan fingerprint density at radius 1 is 0.971 bits per heavy atom. The molecule has 35 heavy (non-hydrogen) atoms. The van der Waals surface area contributed by atoms with Crippen molar-refractivity contribution in [1.82, 2.24) is 4.98 Å². The maximum atomic E-state index is 13.8. The molecule has 6 rings (SSSR count). The van der Waals surface area contributed by atoms with Gasteiger partial charge in [0.15, 0.2) is 16.6 Å². The number of halogens is 2. The lowest BCUT2D eigenvalue weighted by Crippen LogP contribution is -2.29. The zero-order chi connectivity index (χ0) is 24.3.